The summed E-state index contributed by atoms with van der Waals surface area (Å²) in [5.41, 5.74) is 0.625. The van der Waals surface area contributed by atoms with E-state index >= 15 is 0 Å². The van der Waals surface area contributed by atoms with Crippen LogP contribution in [0.4, 0.5) is 4.69 Å². The van der Waals surface area contributed by atoms with Crippen LogP contribution in [0.15, 0.2) is 24.3 Å². The Hall–Kier alpha value is -1.12. The molecule has 2 aromatic rings. The summed E-state index contributed by atoms with van der Waals surface area (Å²) < 4.78 is 2.05. The number of para-hydroxylation sites is 1. The van der Waals surface area contributed by atoms with Crippen molar-refractivity contribution in [3.63, 3.8) is 0 Å². The number of aromatic nitrogens is 1. The number of carbonyl (C=O) groups is 1. The summed E-state index contributed by atoms with van der Waals surface area (Å²) in [6, 6.07) is 8.01. The molecule has 1 amide bonds. The maximum atomic E-state index is 11.8. The van der Waals surface area contributed by atoms with Gasteiger partial charge in [0.2, 0.25) is 0 Å². The molecule has 1 aromatic heterocycles. The summed E-state index contributed by atoms with van der Waals surface area (Å²) in [6.45, 7) is 5.70. The van der Waals surface area contributed by atoms with Crippen molar-refractivity contribution in [1.29, 1.82) is 0 Å². The molecule has 0 atom stereocenters. The van der Waals surface area contributed by atoms with Gasteiger partial charge in [0.15, 0.2) is 0 Å². The molecule has 1 heterocycles. The van der Waals surface area contributed by atoms with E-state index in [0.717, 1.165) is 10.2 Å². The van der Waals surface area contributed by atoms with E-state index < -0.39 is 0 Å². The maximum absolute atomic E-state index is 11.8. The van der Waals surface area contributed by atoms with Gasteiger partial charge >= 0.3 is 100 Å². The van der Waals surface area contributed by atoms with Gasteiger partial charge in [-0.25, -0.2) is 0 Å². The van der Waals surface area contributed by atoms with Crippen molar-refractivity contribution in [3.05, 3.63) is 24.3 Å². The number of hydrogen-bond donors (Lipinski definition) is 1. The van der Waals surface area contributed by atoms with Crippen molar-refractivity contribution < 1.29 is 4.79 Å². The first-order valence-corrected chi connectivity index (χ1v) is 6.85. The van der Waals surface area contributed by atoms with Gasteiger partial charge in [0, 0.05) is 0 Å². The van der Waals surface area contributed by atoms with Crippen LogP contribution < -0.4 is 5.32 Å². The average Bonchev–Trinajstić information content (AvgIpc) is 2.58. The van der Waals surface area contributed by atoms with Crippen LogP contribution in [0, 0.1) is 5.41 Å². The third-order valence-electron chi connectivity index (χ3n) is 2.20. The van der Waals surface area contributed by atoms with Crippen LogP contribution in [0.1, 0.15) is 20.8 Å². The Morgan fingerprint density at radius 3 is 2.62 bits per heavy atom. The van der Waals surface area contributed by atoms with Crippen LogP contribution in [0.25, 0.3) is 9.78 Å². The third kappa shape index (κ3) is 2.34. The quantitative estimate of drug-likeness (QED) is 0.815. The Bertz CT molecular complexity index is 492. The normalized spacial score (nSPS) is 11.7. The number of nitrogens with zero attached hydrogens (tertiary/aromatic N) is 1. The number of hydrogen-bond acceptors (Lipinski definition) is 2. The van der Waals surface area contributed by atoms with E-state index in [2.05, 4.69) is 16.4 Å². The fraction of sp³-hybridized carbons (Fsp3) is 0.333. The Kier molecular flexibility index (Phi) is 2.87. The predicted octanol–water partition coefficient (Wildman–Crippen LogP) is 2.28. The molecule has 84 valence electrons. The molecule has 3 nitrogen and oxygen atoms in total. The molecule has 0 aliphatic carbocycles. The van der Waals surface area contributed by atoms with Crippen LogP contribution in [0.2, 0.25) is 0 Å². The van der Waals surface area contributed by atoms with Crippen LogP contribution in [-0.4, -0.2) is 25.4 Å². The standard InChI is InChI=1S/C12H14N2OSe/c1-12(2,3)10(15)14-11-13-8-6-4-5-7-9(8)16-11/h4-7H,1-3H3,(H,13,14,15). The Morgan fingerprint density at radius 2 is 2.00 bits per heavy atom. The molecule has 0 radical (unpaired) electrons. The molecule has 4 heteroatoms. The van der Waals surface area contributed by atoms with E-state index in [1.54, 1.807) is 0 Å². The van der Waals surface area contributed by atoms with Gasteiger partial charge in [-0.1, -0.05) is 0 Å². The first-order chi connectivity index (χ1) is 7.47. The molecule has 0 bridgehead atoms. The number of carbonyl (C=O) groups excluding carboxylic acids is 1. The fourth-order valence-corrected chi connectivity index (χ4v) is 3.02. The molecular formula is C12H14N2OSe. The summed E-state index contributed by atoms with van der Waals surface area (Å²) >= 11 is 0.136. The molecule has 1 aromatic carbocycles. The average molecular weight is 281 g/mol. The second-order valence-corrected chi connectivity index (χ2v) is 6.85. The van der Waals surface area contributed by atoms with Gasteiger partial charge in [0.25, 0.3) is 0 Å². The number of fused-ring (bicyclic) bond motifs is 1. The summed E-state index contributed by atoms with van der Waals surface area (Å²) in [7, 11) is 0. The molecule has 16 heavy (non-hydrogen) atoms. The van der Waals surface area contributed by atoms with Gasteiger partial charge in [-0.15, -0.1) is 0 Å². The molecule has 1 N–H and O–H groups in total. The van der Waals surface area contributed by atoms with E-state index in [4.69, 9.17) is 0 Å². The SMILES string of the molecule is CC(C)(C)C(=O)Nc1nc2ccccc2[se]1. The van der Waals surface area contributed by atoms with E-state index in [9.17, 15) is 4.79 Å². The minimum absolute atomic E-state index is 0.0286. The van der Waals surface area contributed by atoms with Crippen molar-refractivity contribution in [2.24, 2.45) is 5.41 Å². The second kappa shape index (κ2) is 4.04. The number of nitrogens with one attached hydrogen (secondary N) is 1. The van der Waals surface area contributed by atoms with Crippen molar-refractivity contribution >= 4 is 34.9 Å². The Labute approximate surface area is 101 Å². The Balaban J connectivity index is 2.25. The monoisotopic (exact) mass is 282 g/mol. The molecule has 0 aliphatic heterocycles. The summed E-state index contributed by atoms with van der Waals surface area (Å²) in [5.74, 6) is 0.0286. The van der Waals surface area contributed by atoms with Crippen molar-refractivity contribution in [2.75, 3.05) is 5.32 Å². The first kappa shape index (κ1) is 11.4. The fourth-order valence-electron chi connectivity index (χ4n) is 1.21. The molecule has 0 fully saturated rings. The third-order valence-corrected chi connectivity index (χ3v) is 4.19. The van der Waals surface area contributed by atoms with Gasteiger partial charge in [0.05, 0.1) is 0 Å². The zero-order valence-electron chi connectivity index (χ0n) is 9.57. The summed E-state index contributed by atoms with van der Waals surface area (Å²) in [6.07, 6.45) is 0. The minimum atomic E-state index is -0.368. The number of benzene rings is 1. The zero-order chi connectivity index (χ0) is 11.8. The number of amides is 1. The van der Waals surface area contributed by atoms with Crippen molar-refractivity contribution in [2.45, 2.75) is 20.8 Å². The topological polar surface area (TPSA) is 42.0 Å². The first-order valence-electron chi connectivity index (χ1n) is 5.14. The van der Waals surface area contributed by atoms with Gasteiger partial charge < -0.3 is 0 Å². The molecule has 0 saturated carbocycles. The van der Waals surface area contributed by atoms with Gasteiger partial charge in [-0.2, -0.15) is 0 Å². The molecule has 0 spiro atoms. The number of rotatable bonds is 1. The van der Waals surface area contributed by atoms with Crippen molar-refractivity contribution in [1.82, 2.24) is 4.98 Å². The van der Waals surface area contributed by atoms with Gasteiger partial charge in [-0.05, 0) is 0 Å². The van der Waals surface area contributed by atoms with Gasteiger partial charge in [-0.3, -0.25) is 0 Å². The predicted molar refractivity (Wildman–Crippen MR) is 66.8 cm³/mol. The van der Waals surface area contributed by atoms with E-state index in [-0.39, 0.29) is 25.8 Å². The van der Waals surface area contributed by atoms with E-state index in [0.29, 0.717) is 0 Å². The van der Waals surface area contributed by atoms with Crippen LogP contribution in [-0.2, 0) is 4.79 Å². The molecule has 0 aliphatic rings. The molecule has 0 unspecified atom stereocenters. The van der Waals surface area contributed by atoms with Crippen LogP contribution >= 0.6 is 0 Å². The second-order valence-electron chi connectivity index (χ2n) is 4.69. The van der Waals surface area contributed by atoms with E-state index in [1.807, 2.05) is 39.0 Å². The molecule has 0 saturated heterocycles. The summed E-state index contributed by atoms with van der Waals surface area (Å²) in [5, 5.41) is 2.90. The van der Waals surface area contributed by atoms with E-state index in [1.165, 1.54) is 4.26 Å². The summed E-state index contributed by atoms with van der Waals surface area (Å²) in [4.78, 5) is 16.2. The number of anilines is 1. The van der Waals surface area contributed by atoms with Crippen LogP contribution in [0.5, 0.6) is 0 Å². The molecule has 2 rings (SSSR count). The Morgan fingerprint density at radius 1 is 1.31 bits per heavy atom. The van der Waals surface area contributed by atoms with Crippen molar-refractivity contribution in [3.8, 4) is 0 Å². The van der Waals surface area contributed by atoms with Gasteiger partial charge in [0.1, 0.15) is 0 Å². The molecular weight excluding hydrogens is 267 g/mol. The zero-order valence-corrected chi connectivity index (χ0v) is 11.3. The van der Waals surface area contributed by atoms with Crippen LogP contribution in [0.3, 0.4) is 0 Å².